The summed E-state index contributed by atoms with van der Waals surface area (Å²) in [5.74, 6) is -0.912. The van der Waals surface area contributed by atoms with Crippen molar-refractivity contribution in [1.29, 1.82) is 0 Å². The maximum Gasteiger partial charge on any atom is 0.306 e. The molecule has 1 heterocycles. The van der Waals surface area contributed by atoms with E-state index in [9.17, 15) is 9.59 Å². The van der Waals surface area contributed by atoms with Crippen LogP contribution in [0.3, 0.4) is 0 Å². The van der Waals surface area contributed by atoms with Gasteiger partial charge in [-0.2, -0.15) is 0 Å². The highest BCUT2D eigenvalue weighted by atomic mass is 16.4. The van der Waals surface area contributed by atoms with Crippen LogP contribution in [0.25, 0.3) is 0 Å². The monoisotopic (exact) mass is 344 g/mol. The molecule has 3 rings (SSSR count). The minimum absolute atomic E-state index is 0.0518. The Morgan fingerprint density at radius 2 is 1.76 bits per heavy atom. The van der Waals surface area contributed by atoms with Crippen LogP contribution in [0.1, 0.15) is 44.1 Å². The summed E-state index contributed by atoms with van der Waals surface area (Å²) in [4.78, 5) is 25.5. The normalized spacial score (nSPS) is 21.1. The molecule has 2 N–H and O–H groups in total. The Morgan fingerprint density at radius 3 is 2.36 bits per heavy atom. The lowest BCUT2D eigenvalue weighted by Crippen LogP contribution is -2.45. The van der Waals surface area contributed by atoms with Crippen molar-refractivity contribution in [2.24, 2.45) is 5.92 Å². The van der Waals surface area contributed by atoms with Gasteiger partial charge in [0, 0.05) is 12.0 Å². The first kappa shape index (κ1) is 17.9. The third-order valence-corrected chi connectivity index (χ3v) is 5.87. The van der Waals surface area contributed by atoms with Crippen LogP contribution in [-0.4, -0.2) is 48.1 Å². The quantitative estimate of drug-likeness (QED) is 0.831. The molecule has 1 aromatic carbocycles. The minimum atomic E-state index is -0.713. The number of likely N-dealkylation sites (tertiary alicyclic amines) is 1. The number of hydrogen-bond donors (Lipinski definition) is 2. The van der Waals surface area contributed by atoms with Crippen LogP contribution < -0.4 is 5.32 Å². The van der Waals surface area contributed by atoms with Crippen LogP contribution >= 0.6 is 0 Å². The molecule has 1 aromatic rings. The third kappa shape index (κ3) is 4.40. The SMILES string of the molecule is O=C(CN1CCC(C(=O)O)CC1)NCC1(c2ccccc2)CCCC1. The fourth-order valence-corrected chi connectivity index (χ4v) is 4.28. The number of carboxylic acid groups (broad SMARTS) is 1. The maximum absolute atomic E-state index is 12.4. The number of piperidine rings is 1. The van der Waals surface area contributed by atoms with Crippen LogP contribution in [0.5, 0.6) is 0 Å². The van der Waals surface area contributed by atoms with Crippen molar-refractivity contribution in [3.8, 4) is 0 Å². The molecule has 1 saturated heterocycles. The zero-order valence-electron chi connectivity index (χ0n) is 14.7. The highest BCUT2D eigenvalue weighted by Gasteiger charge is 2.36. The molecule has 0 unspecified atom stereocenters. The standard InChI is InChI=1S/C20H28N2O3/c23-18(14-22-12-8-16(9-13-22)19(24)25)21-15-20(10-4-5-11-20)17-6-2-1-3-7-17/h1-3,6-7,16H,4-5,8-15H2,(H,21,23)(H,24,25). The van der Waals surface area contributed by atoms with Gasteiger partial charge >= 0.3 is 5.97 Å². The largest absolute Gasteiger partial charge is 0.481 e. The first-order valence-corrected chi connectivity index (χ1v) is 9.36. The fourth-order valence-electron chi connectivity index (χ4n) is 4.28. The van der Waals surface area contributed by atoms with Gasteiger partial charge in [0.05, 0.1) is 12.5 Å². The second-order valence-corrected chi connectivity index (χ2v) is 7.52. The van der Waals surface area contributed by atoms with Crippen LogP contribution in [0, 0.1) is 5.92 Å². The Balaban J connectivity index is 1.50. The molecule has 2 aliphatic rings. The summed E-state index contributed by atoms with van der Waals surface area (Å²) in [5.41, 5.74) is 1.41. The summed E-state index contributed by atoms with van der Waals surface area (Å²) in [6.45, 7) is 2.45. The van der Waals surface area contributed by atoms with Crippen molar-refractivity contribution in [3.63, 3.8) is 0 Å². The second kappa shape index (κ2) is 8.00. The van der Waals surface area contributed by atoms with Gasteiger partial charge in [-0.3, -0.25) is 14.5 Å². The summed E-state index contributed by atoms with van der Waals surface area (Å²) in [6.07, 6.45) is 5.96. The van der Waals surface area contributed by atoms with Gasteiger partial charge in [0.2, 0.25) is 5.91 Å². The van der Waals surface area contributed by atoms with Crippen molar-refractivity contribution >= 4 is 11.9 Å². The van der Waals surface area contributed by atoms with Gasteiger partial charge in [0.15, 0.2) is 0 Å². The summed E-state index contributed by atoms with van der Waals surface area (Å²) >= 11 is 0. The van der Waals surface area contributed by atoms with E-state index in [2.05, 4.69) is 34.5 Å². The number of carbonyl (C=O) groups excluding carboxylic acids is 1. The van der Waals surface area contributed by atoms with Crippen molar-refractivity contribution in [2.45, 2.75) is 43.9 Å². The molecule has 2 fully saturated rings. The van der Waals surface area contributed by atoms with E-state index in [-0.39, 0.29) is 17.2 Å². The predicted molar refractivity (Wildman–Crippen MR) is 96.4 cm³/mol. The molecule has 0 aromatic heterocycles. The van der Waals surface area contributed by atoms with Gasteiger partial charge in [-0.15, -0.1) is 0 Å². The Labute approximate surface area is 149 Å². The molecule has 1 aliphatic heterocycles. The maximum atomic E-state index is 12.4. The van der Waals surface area contributed by atoms with Gasteiger partial charge in [0.25, 0.3) is 0 Å². The van der Waals surface area contributed by atoms with E-state index in [1.54, 1.807) is 0 Å². The zero-order valence-corrected chi connectivity index (χ0v) is 14.7. The molecular weight excluding hydrogens is 316 g/mol. The third-order valence-electron chi connectivity index (χ3n) is 5.87. The van der Waals surface area contributed by atoms with E-state index in [4.69, 9.17) is 5.11 Å². The number of nitrogens with one attached hydrogen (secondary N) is 1. The average molecular weight is 344 g/mol. The molecule has 0 spiro atoms. The number of carboxylic acids is 1. The number of aliphatic carboxylic acids is 1. The highest BCUT2D eigenvalue weighted by molar-refractivity contribution is 5.78. The highest BCUT2D eigenvalue weighted by Crippen LogP contribution is 2.40. The number of carbonyl (C=O) groups is 2. The number of nitrogens with zero attached hydrogens (tertiary/aromatic N) is 1. The molecule has 0 bridgehead atoms. The van der Waals surface area contributed by atoms with Gasteiger partial charge in [-0.1, -0.05) is 43.2 Å². The summed E-state index contributed by atoms with van der Waals surface area (Å²) in [6, 6.07) is 10.5. The van der Waals surface area contributed by atoms with E-state index in [0.717, 1.165) is 12.8 Å². The molecule has 0 atom stereocenters. The van der Waals surface area contributed by atoms with Crippen molar-refractivity contribution in [3.05, 3.63) is 35.9 Å². The molecule has 1 aliphatic carbocycles. The van der Waals surface area contributed by atoms with Crippen molar-refractivity contribution in [2.75, 3.05) is 26.2 Å². The summed E-state index contributed by atoms with van der Waals surface area (Å²) < 4.78 is 0. The van der Waals surface area contributed by atoms with E-state index < -0.39 is 5.97 Å². The van der Waals surface area contributed by atoms with Crippen LogP contribution in [0.15, 0.2) is 30.3 Å². The number of hydrogen-bond acceptors (Lipinski definition) is 3. The van der Waals surface area contributed by atoms with E-state index in [0.29, 0.717) is 39.0 Å². The van der Waals surface area contributed by atoms with E-state index in [1.165, 1.54) is 18.4 Å². The zero-order chi connectivity index (χ0) is 17.7. The molecule has 136 valence electrons. The molecule has 5 heteroatoms. The predicted octanol–water partition coefficient (Wildman–Crippen LogP) is 2.41. The van der Waals surface area contributed by atoms with Crippen LogP contribution in [0.2, 0.25) is 0 Å². The first-order valence-electron chi connectivity index (χ1n) is 9.36. The van der Waals surface area contributed by atoms with Crippen LogP contribution in [0.4, 0.5) is 0 Å². The second-order valence-electron chi connectivity index (χ2n) is 7.52. The lowest BCUT2D eigenvalue weighted by molar-refractivity contribution is -0.143. The lowest BCUT2D eigenvalue weighted by Gasteiger charge is -2.32. The molecule has 1 saturated carbocycles. The smallest absolute Gasteiger partial charge is 0.306 e. The topological polar surface area (TPSA) is 69.6 Å². The molecule has 0 radical (unpaired) electrons. The molecule has 1 amide bonds. The van der Waals surface area contributed by atoms with Gasteiger partial charge in [0.1, 0.15) is 0 Å². The first-order chi connectivity index (χ1) is 12.1. The van der Waals surface area contributed by atoms with Crippen molar-refractivity contribution < 1.29 is 14.7 Å². The van der Waals surface area contributed by atoms with Gasteiger partial charge < -0.3 is 10.4 Å². The average Bonchev–Trinajstić information content (AvgIpc) is 3.11. The molecule has 25 heavy (non-hydrogen) atoms. The van der Waals surface area contributed by atoms with Gasteiger partial charge in [-0.25, -0.2) is 0 Å². The Kier molecular flexibility index (Phi) is 5.74. The summed E-state index contributed by atoms with van der Waals surface area (Å²) in [5, 5.41) is 12.2. The van der Waals surface area contributed by atoms with Gasteiger partial charge in [-0.05, 0) is 44.3 Å². The van der Waals surface area contributed by atoms with E-state index in [1.807, 2.05) is 6.07 Å². The minimum Gasteiger partial charge on any atom is -0.481 e. The fraction of sp³-hybridized carbons (Fsp3) is 0.600. The molecular formula is C20H28N2O3. The number of amides is 1. The Hall–Kier alpha value is -1.88. The lowest BCUT2D eigenvalue weighted by atomic mass is 9.79. The van der Waals surface area contributed by atoms with Crippen LogP contribution in [-0.2, 0) is 15.0 Å². The van der Waals surface area contributed by atoms with Crippen molar-refractivity contribution in [1.82, 2.24) is 10.2 Å². The number of rotatable bonds is 6. The number of benzene rings is 1. The summed E-state index contributed by atoms with van der Waals surface area (Å²) in [7, 11) is 0. The van der Waals surface area contributed by atoms with E-state index >= 15 is 0 Å². The molecule has 5 nitrogen and oxygen atoms in total. The Morgan fingerprint density at radius 1 is 1.12 bits per heavy atom. The Bertz CT molecular complexity index is 588.